The Morgan fingerprint density at radius 2 is 0.972 bits per heavy atom. The van der Waals surface area contributed by atoms with Gasteiger partial charge in [0.05, 0.1) is 0 Å². The molecule has 0 spiro atoms. The number of nitrogens with one attached hydrogen (secondary N) is 2. The third-order valence-corrected chi connectivity index (χ3v) is 4.87. The van der Waals surface area contributed by atoms with Crippen molar-refractivity contribution in [3.63, 3.8) is 0 Å². The summed E-state index contributed by atoms with van der Waals surface area (Å²) in [6.45, 7) is 3.25. The predicted octanol–water partition coefficient (Wildman–Crippen LogP) is 1.24. The molecule has 0 aliphatic heterocycles. The number of amides is 2. The molecule has 0 heterocycles. The fourth-order valence-electron chi connectivity index (χ4n) is 2.86. The molecular weight excluding hydrogens is 476 g/mol. The van der Waals surface area contributed by atoms with Crippen molar-refractivity contribution in [3.05, 3.63) is 47.5 Å². The smallest absolute Gasteiger partial charge is 0.326 e. The van der Waals surface area contributed by atoms with Gasteiger partial charge in [-0.25, -0.2) is 9.59 Å². The molecule has 0 aromatic heterocycles. The Morgan fingerprint density at radius 3 is 1.22 bits per heavy atom. The quantitative estimate of drug-likeness (QED) is 0.216. The van der Waals surface area contributed by atoms with Crippen LogP contribution >= 0.6 is 0 Å². The number of aliphatic carboxylic acids is 2. The van der Waals surface area contributed by atoms with Crippen molar-refractivity contribution in [2.75, 3.05) is 0 Å². The molecule has 0 aliphatic rings. The zero-order chi connectivity index (χ0) is 27.4. The first kappa shape index (κ1) is 29.6. The zero-order valence-electron chi connectivity index (χ0n) is 19.8. The van der Waals surface area contributed by atoms with Crippen molar-refractivity contribution in [2.24, 2.45) is 0 Å². The molecule has 2 aromatic carbocycles. The molecule has 0 aliphatic carbocycles. The van der Waals surface area contributed by atoms with E-state index >= 15 is 0 Å². The van der Waals surface area contributed by atoms with Gasteiger partial charge >= 0.3 is 11.9 Å². The van der Waals surface area contributed by atoms with Crippen molar-refractivity contribution < 1.29 is 49.8 Å². The van der Waals surface area contributed by atoms with Crippen LogP contribution in [-0.4, -0.2) is 66.5 Å². The fraction of sp³-hybridized carbons (Fsp3) is 0.333. The normalized spacial score (nSPS) is 11.8. The summed E-state index contributed by atoms with van der Waals surface area (Å²) in [4.78, 5) is 44.3. The first-order valence-corrected chi connectivity index (χ1v) is 10.9. The van der Waals surface area contributed by atoms with Gasteiger partial charge in [0, 0.05) is 25.7 Å². The highest BCUT2D eigenvalue weighted by molar-refractivity contribution is 5.84. The second kappa shape index (κ2) is 14.0. The van der Waals surface area contributed by atoms with Crippen LogP contribution in [0.5, 0.6) is 23.0 Å². The lowest BCUT2D eigenvalue weighted by Crippen LogP contribution is -2.42. The fourth-order valence-corrected chi connectivity index (χ4v) is 2.86. The molecule has 2 rings (SSSR count). The van der Waals surface area contributed by atoms with Crippen LogP contribution in [0.2, 0.25) is 0 Å². The average molecular weight is 507 g/mol. The van der Waals surface area contributed by atoms with Crippen molar-refractivity contribution in [1.29, 1.82) is 0 Å². The number of hydrogen-bond donors (Lipinski definition) is 8. The van der Waals surface area contributed by atoms with Gasteiger partial charge in [-0.3, -0.25) is 9.59 Å². The van der Waals surface area contributed by atoms with Crippen LogP contribution in [0, 0.1) is 0 Å². The molecule has 36 heavy (non-hydrogen) atoms. The van der Waals surface area contributed by atoms with Crippen LogP contribution in [0.15, 0.2) is 36.4 Å². The van der Waals surface area contributed by atoms with E-state index < -0.39 is 24.0 Å². The second-order valence-electron chi connectivity index (χ2n) is 7.68. The number of carboxylic acid groups (broad SMARTS) is 2. The van der Waals surface area contributed by atoms with E-state index in [1.807, 2.05) is 0 Å². The van der Waals surface area contributed by atoms with Gasteiger partial charge in [-0.15, -0.1) is 0 Å². The number of phenols is 4. The Hall–Kier alpha value is -4.48. The van der Waals surface area contributed by atoms with Gasteiger partial charge in [0.25, 0.3) is 0 Å². The minimum absolute atomic E-state index is 0.0366. The Labute approximate surface area is 206 Å². The summed E-state index contributed by atoms with van der Waals surface area (Å²) in [5.41, 5.74) is 1.02. The summed E-state index contributed by atoms with van der Waals surface area (Å²) >= 11 is 0. The van der Waals surface area contributed by atoms with E-state index in [0.717, 1.165) is 0 Å². The molecule has 12 heteroatoms. The van der Waals surface area contributed by atoms with Crippen molar-refractivity contribution >= 4 is 23.8 Å². The lowest BCUT2D eigenvalue weighted by molar-refractivity contribution is -0.142. The maximum absolute atomic E-state index is 11.2. The topological polar surface area (TPSA) is 214 Å². The first-order valence-electron chi connectivity index (χ1n) is 10.9. The highest BCUT2D eigenvalue weighted by Gasteiger charge is 2.21. The standard InChI is InChI=1S/2C12H15NO5/c2*1-2-11(16)13-8(12(17)18)5-7-3-4-9(14)10(15)6-7/h2*3-4,6,8,14-15H,2,5H2,1H3,(H,13,16)(H,17,18)/t2*8-/m00/s1. The van der Waals surface area contributed by atoms with Crippen LogP contribution in [0.3, 0.4) is 0 Å². The van der Waals surface area contributed by atoms with Gasteiger partial charge in [-0.05, 0) is 35.4 Å². The molecule has 0 bridgehead atoms. The number of benzene rings is 2. The van der Waals surface area contributed by atoms with Gasteiger partial charge in [0.15, 0.2) is 23.0 Å². The SMILES string of the molecule is CCC(=O)N[C@@H](Cc1ccc(O)c(O)c1)C(=O)O.CCC(=O)N[C@@H](Cc1ccc(O)c(O)c1)C(=O)O. The first-order chi connectivity index (χ1) is 16.9. The third-order valence-electron chi connectivity index (χ3n) is 4.87. The number of carbonyl (C=O) groups is 4. The largest absolute Gasteiger partial charge is 0.504 e. The third kappa shape index (κ3) is 9.79. The van der Waals surface area contributed by atoms with Gasteiger partial charge in [0.2, 0.25) is 11.8 Å². The Kier molecular flexibility index (Phi) is 11.5. The summed E-state index contributed by atoms with van der Waals surface area (Å²) < 4.78 is 0. The van der Waals surface area contributed by atoms with E-state index in [2.05, 4.69) is 10.6 Å². The molecule has 8 N–H and O–H groups in total. The molecule has 196 valence electrons. The highest BCUT2D eigenvalue weighted by atomic mass is 16.4. The monoisotopic (exact) mass is 506 g/mol. The number of carbonyl (C=O) groups excluding carboxylic acids is 2. The second-order valence-corrected chi connectivity index (χ2v) is 7.68. The molecule has 0 saturated carbocycles. The molecular formula is C24H30N2O10. The molecule has 12 nitrogen and oxygen atoms in total. The molecule has 0 saturated heterocycles. The number of hydrogen-bond acceptors (Lipinski definition) is 8. The van der Waals surface area contributed by atoms with Gasteiger partial charge < -0.3 is 41.3 Å². The Bertz CT molecular complexity index is 1000. The van der Waals surface area contributed by atoms with Crippen LogP contribution < -0.4 is 10.6 Å². The summed E-state index contributed by atoms with van der Waals surface area (Å²) in [6.07, 6.45) is 0.471. The summed E-state index contributed by atoms with van der Waals surface area (Å²) in [5.74, 6) is -4.20. The van der Waals surface area contributed by atoms with Crippen molar-refractivity contribution in [2.45, 2.75) is 51.6 Å². The predicted molar refractivity (Wildman–Crippen MR) is 127 cm³/mol. The molecule has 0 unspecified atom stereocenters. The molecule has 0 fully saturated rings. The van der Waals surface area contributed by atoms with Crippen molar-refractivity contribution in [1.82, 2.24) is 10.6 Å². The molecule has 2 atom stereocenters. The number of carboxylic acids is 2. The Morgan fingerprint density at radius 1 is 0.639 bits per heavy atom. The zero-order valence-corrected chi connectivity index (χ0v) is 19.8. The van der Waals surface area contributed by atoms with E-state index in [9.17, 15) is 29.4 Å². The number of rotatable bonds is 10. The van der Waals surface area contributed by atoms with Crippen LogP contribution in [0.25, 0.3) is 0 Å². The molecule has 2 aromatic rings. The van der Waals surface area contributed by atoms with E-state index in [4.69, 9.17) is 20.4 Å². The summed E-state index contributed by atoms with van der Waals surface area (Å²) in [5, 5.41) is 59.5. The van der Waals surface area contributed by atoms with Gasteiger partial charge in [-0.2, -0.15) is 0 Å². The lowest BCUT2D eigenvalue weighted by atomic mass is 10.1. The maximum Gasteiger partial charge on any atom is 0.326 e. The van der Waals surface area contributed by atoms with Crippen LogP contribution in [-0.2, 0) is 32.0 Å². The average Bonchev–Trinajstić information content (AvgIpc) is 2.82. The summed E-state index contributed by atoms with van der Waals surface area (Å²) in [6, 6.07) is 5.94. The number of phenolic OH excluding ortho intramolecular Hbond substituents is 4. The number of aromatic hydroxyl groups is 4. The highest BCUT2D eigenvalue weighted by Crippen LogP contribution is 2.26. The van der Waals surface area contributed by atoms with Crippen molar-refractivity contribution in [3.8, 4) is 23.0 Å². The minimum atomic E-state index is -1.15. The van der Waals surface area contributed by atoms with Crippen LogP contribution in [0.4, 0.5) is 0 Å². The minimum Gasteiger partial charge on any atom is -0.504 e. The van der Waals surface area contributed by atoms with E-state index in [1.165, 1.54) is 36.4 Å². The lowest BCUT2D eigenvalue weighted by Gasteiger charge is -2.14. The molecule has 0 radical (unpaired) electrons. The van der Waals surface area contributed by atoms with E-state index in [-0.39, 0.29) is 60.5 Å². The van der Waals surface area contributed by atoms with E-state index in [0.29, 0.717) is 11.1 Å². The van der Waals surface area contributed by atoms with Gasteiger partial charge in [-0.1, -0.05) is 26.0 Å². The maximum atomic E-state index is 11.2. The Balaban J connectivity index is 0.000000360. The van der Waals surface area contributed by atoms with Gasteiger partial charge in [0.1, 0.15) is 12.1 Å². The molecule has 2 amide bonds. The summed E-state index contributed by atoms with van der Waals surface area (Å²) in [7, 11) is 0. The van der Waals surface area contributed by atoms with Crippen LogP contribution in [0.1, 0.15) is 37.8 Å². The van der Waals surface area contributed by atoms with E-state index in [1.54, 1.807) is 13.8 Å².